The van der Waals surface area contributed by atoms with E-state index in [0.717, 1.165) is 0 Å². The highest BCUT2D eigenvalue weighted by atomic mass is 19.3. The van der Waals surface area contributed by atoms with Gasteiger partial charge in [0.1, 0.15) is 5.75 Å². The second-order valence-electron chi connectivity index (χ2n) is 4.34. The molecule has 22 heavy (non-hydrogen) atoms. The molecule has 7 heteroatoms. The molecule has 0 heterocycles. The molecule has 5 nitrogen and oxygen atoms in total. The van der Waals surface area contributed by atoms with Crippen molar-refractivity contribution >= 4 is 11.9 Å². The van der Waals surface area contributed by atoms with Crippen molar-refractivity contribution in [3.63, 3.8) is 0 Å². The van der Waals surface area contributed by atoms with Gasteiger partial charge >= 0.3 is 17.9 Å². The van der Waals surface area contributed by atoms with Crippen molar-refractivity contribution in [1.82, 2.24) is 0 Å². The third-order valence-corrected chi connectivity index (χ3v) is 2.83. The standard InChI is InChI=1S/C15H18F2O5/c1-4-12(18)22-13(15(16,17)14(19)21-5-2)10-6-8-11(20-3)9-7-10/h6-9,13H,4-5H2,1-3H3/t13-/m0/s1. The number of benzene rings is 1. The number of hydrogen-bond donors (Lipinski definition) is 0. The molecule has 122 valence electrons. The first-order chi connectivity index (χ1) is 10.4. The van der Waals surface area contributed by atoms with Crippen LogP contribution in [0.2, 0.25) is 0 Å². The average Bonchev–Trinajstić information content (AvgIpc) is 2.52. The van der Waals surface area contributed by atoms with Crippen LogP contribution in [-0.2, 0) is 19.1 Å². The van der Waals surface area contributed by atoms with E-state index in [1.54, 1.807) is 0 Å². The number of halogens is 2. The zero-order valence-corrected chi connectivity index (χ0v) is 12.6. The van der Waals surface area contributed by atoms with Crippen LogP contribution < -0.4 is 4.74 Å². The van der Waals surface area contributed by atoms with Gasteiger partial charge in [0.15, 0.2) is 0 Å². The Morgan fingerprint density at radius 3 is 2.23 bits per heavy atom. The molecule has 0 aliphatic heterocycles. The molecule has 0 saturated heterocycles. The normalized spacial score (nSPS) is 12.4. The first kappa shape index (κ1) is 17.9. The molecule has 0 aliphatic carbocycles. The molecule has 0 radical (unpaired) electrons. The van der Waals surface area contributed by atoms with E-state index in [0.29, 0.717) is 5.75 Å². The molecule has 1 rings (SSSR count). The maximum absolute atomic E-state index is 14.3. The summed E-state index contributed by atoms with van der Waals surface area (Å²) in [6.07, 6.45) is -2.14. The Labute approximate surface area is 127 Å². The number of carbonyl (C=O) groups excluding carboxylic acids is 2. The van der Waals surface area contributed by atoms with Crippen LogP contribution >= 0.6 is 0 Å². The summed E-state index contributed by atoms with van der Waals surface area (Å²) in [5.74, 6) is -6.12. The SMILES string of the molecule is CCOC(=O)C(F)(F)[C@@H](OC(=O)CC)c1ccc(OC)cc1. The molecule has 1 aromatic carbocycles. The lowest BCUT2D eigenvalue weighted by molar-refractivity contribution is -0.199. The minimum absolute atomic E-state index is 0.0272. The predicted octanol–water partition coefficient (Wildman–Crippen LogP) is 2.89. The van der Waals surface area contributed by atoms with Gasteiger partial charge in [-0.15, -0.1) is 0 Å². The quantitative estimate of drug-likeness (QED) is 0.724. The van der Waals surface area contributed by atoms with Gasteiger partial charge in [-0.25, -0.2) is 4.79 Å². The lowest BCUT2D eigenvalue weighted by Crippen LogP contribution is -2.39. The average molecular weight is 316 g/mol. The van der Waals surface area contributed by atoms with Crippen LogP contribution in [0, 0.1) is 0 Å². The summed E-state index contributed by atoms with van der Waals surface area (Å²) in [5, 5.41) is 0. The summed E-state index contributed by atoms with van der Waals surface area (Å²) in [6, 6.07) is 5.48. The maximum atomic E-state index is 14.3. The number of carbonyl (C=O) groups is 2. The van der Waals surface area contributed by atoms with Gasteiger partial charge in [-0.1, -0.05) is 19.1 Å². The second-order valence-corrected chi connectivity index (χ2v) is 4.34. The largest absolute Gasteiger partial charge is 0.497 e. The number of rotatable bonds is 7. The van der Waals surface area contributed by atoms with Gasteiger partial charge in [0.25, 0.3) is 0 Å². The maximum Gasteiger partial charge on any atom is 0.382 e. The number of ether oxygens (including phenoxy) is 3. The third-order valence-electron chi connectivity index (χ3n) is 2.83. The molecule has 0 amide bonds. The van der Waals surface area contributed by atoms with Gasteiger partial charge in [-0.3, -0.25) is 4.79 Å². The van der Waals surface area contributed by atoms with Crippen molar-refractivity contribution in [2.75, 3.05) is 13.7 Å². The number of methoxy groups -OCH3 is 1. The zero-order chi connectivity index (χ0) is 16.8. The Bertz CT molecular complexity index is 513. The van der Waals surface area contributed by atoms with Gasteiger partial charge in [-0.05, 0) is 24.6 Å². The smallest absolute Gasteiger partial charge is 0.382 e. The minimum Gasteiger partial charge on any atom is -0.497 e. The Morgan fingerprint density at radius 2 is 1.77 bits per heavy atom. The first-order valence-corrected chi connectivity index (χ1v) is 6.75. The van der Waals surface area contributed by atoms with Crippen LogP contribution in [0.4, 0.5) is 8.78 Å². The molecular formula is C15H18F2O5. The third kappa shape index (κ3) is 4.16. The summed E-state index contributed by atoms with van der Waals surface area (Å²) in [4.78, 5) is 22.9. The van der Waals surface area contributed by atoms with E-state index in [9.17, 15) is 18.4 Å². The summed E-state index contributed by atoms with van der Waals surface area (Å²) in [6.45, 7) is 2.68. The topological polar surface area (TPSA) is 61.8 Å². The van der Waals surface area contributed by atoms with Gasteiger partial charge in [0.2, 0.25) is 6.10 Å². The number of hydrogen-bond acceptors (Lipinski definition) is 5. The molecule has 0 aromatic heterocycles. The fraction of sp³-hybridized carbons (Fsp3) is 0.467. The number of esters is 2. The molecule has 0 bridgehead atoms. The van der Waals surface area contributed by atoms with Crippen molar-refractivity contribution in [1.29, 1.82) is 0 Å². The summed E-state index contributed by atoms with van der Waals surface area (Å²) >= 11 is 0. The fourth-order valence-electron chi connectivity index (χ4n) is 1.68. The van der Waals surface area contributed by atoms with E-state index in [1.165, 1.54) is 45.2 Å². The van der Waals surface area contributed by atoms with Crippen molar-refractivity contribution < 1.29 is 32.6 Å². The molecule has 0 unspecified atom stereocenters. The van der Waals surface area contributed by atoms with Crippen LogP contribution in [0.3, 0.4) is 0 Å². The van der Waals surface area contributed by atoms with Crippen LogP contribution in [0.1, 0.15) is 31.9 Å². The van der Waals surface area contributed by atoms with Crippen LogP contribution in [0.5, 0.6) is 5.75 Å². The molecule has 0 fully saturated rings. The van der Waals surface area contributed by atoms with Crippen molar-refractivity contribution in [2.24, 2.45) is 0 Å². The summed E-state index contributed by atoms with van der Waals surface area (Å²) < 4.78 is 42.6. The van der Waals surface area contributed by atoms with Gasteiger partial charge in [0.05, 0.1) is 13.7 Å². The van der Waals surface area contributed by atoms with Gasteiger partial charge < -0.3 is 14.2 Å². The van der Waals surface area contributed by atoms with E-state index in [-0.39, 0.29) is 18.6 Å². The lowest BCUT2D eigenvalue weighted by atomic mass is 10.0. The Kier molecular flexibility index (Phi) is 6.27. The van der Waals surface area contributed by atoms with Gasteiger partial charge in [0, 0.05) is 6.42 Å². The van der Waals surface area contributed by atoms with E-state index in [4.69, 9.17) is 9.47 Å². The van der Waals surface area contributed by atoms with Crippen molar-refractivity contribution in [3.05, 3.63) is 29.8 Å². The Hall–Kier alpha value is -2.18. The highest BCUT2D eigenvalue weighted by Crippen LogP contribution is 2.36. The molecule has 1 atom stereocenters. The monoisotopic (exact) mass is 316 g/mol. The molecule has 0 spiro atoms. The zero-order valence-electron chi connectivity index (χ0n) is 12.6. The molecular weight excluding hydrogens is 298 g/mol. The van der Waals surface area contributed by atoms with Crippen molar-refractivity contribution in [2.45, 2.75) is 32.3 Å². The van der Waals surface area contributed by atoms with E-state index in [2.05, 4.69) is 4.74 Å². The Balaban J connectivity index is 3.15. The van der Waals surface area contributed by atoms with Crippen LogP contribution in [0.25, 0.3) is 0 Å². The lowest BCUT2D eigenvalue weighted by Gasteiger charge is -2.25. The number of alkyl halides is 2. The molecule has 0 aliphatic rings. The van der Waals surface area contributed by atoms with E-state index >= 15 is 0 Å². The van der Waals surface area contributed by atoms with E-state index < -0.39 is 24.0 Å². The highest BCUT2D eigenvalue weighted by Gasteiger charge is 2.52. The van der Waals surface area contributed by atoms with Gasteiger partial charge in [-0.2, -0.15) is 8.78 Å². The van der Waals surface area contributed by atoms with Crippen molar-refractivity contribution in [3.8, 4) is 5.75 Å². The first-order valence-electron chi connectivity index (χ1n) is 6.75. The Morgan fingerprint density at radius 1 is 1.18 bits per heavy atom. The summed E-state index contributed by atoms with van der Waals surface area (Å²) in [5.41, 5.74) is -0.0272. The van der Waals surface area contributed by atoms with Crippen LogP contribution in [0.15, 0.2) is 24.3 Å². The molecule has 0 N–H and O–H groups in total. The molecule has 1 aromatic rings. The molecule has 0 saturated carbocycles. The summed E-state index contributed by atoms with van der Waals surface area (Å²) in [7, 11) is 1.43. The fourth-order valence-corrected chi connectivity index (χ4v) is 1.68. The minimum atomic E-state index is -3.99. The second kappa shape index (κ2) is 7.72. The highest BCUT2D eigenvalue weighted by molar-refractivity contribution is 5.79. The predicted molar refractivity (Wildman–Crippen MR) is 73.7 cm³/mol. The van der Waals surface area contributed by atoms with E-state index in [1.807, 2.05) is 0 Å². The van der Waals surface area contributed by atoms with Crippen LogP contribution in [-0.4, -0.2) is 31.6 Å².